The molecule has 1 aliphatic carbocycles. The molecule has 0 amide bonds. The molecule has 19 heavy (non-hydrogen) atoms. The number of pyridine rings is 1. The van der Waals surface area contributed by atoms with E-state index in [0.717, 1.165) is 18.5 Å². The lowest BCUT2D eigenvalue weighted by atomic mass is 9.99. The molecular weight excluding hydrogens is 234 g/mol. The molecule has 2 unspecified atom stereocenters. The van der Waals surface area contributed by atoms with Gasteiger partial charge in [0.25, 0.3) is 0 Å². The van der Waals surface area contributed by atoms with Crippen LogP contribution in [-0.2, 0) is 0 Å². The lowest BCUT2D eigenvalue weighted by Crippen LogP contribution is -2.41. The van der Waals surface area contributed by atoms with Gasteiger partial charge in [-0.05, 0) is 50.3 Å². The number of hydrogen-bond acceptors (Lipinski definition) is 3. The van der Waals surface area contributed by atoms with Gasteiger partial charge in [0.05, 0.1) is 6.04 Å². The van der Waals surface area contributed by atoms with E-state index in [0.29, 0.717) is 6.04 Å². The van der Waals surface area contributed by atoms with Crippen LogP contribution in [0.25, 0.3) is 0 Å². The molecule has 1 fully saturated rings. The van der Waals surface area contributed by atoms with Crippen LogP contribution in [0.1, 0.15) is 51.6 Å². The first kappa shape index (κ1) is 14.5. The minimum absolute atomic E-state index is 0.136. The van der Waals surface area contributed by atoms with E-state index in [9.17, 15) is 0 Å². The van der Waals surface area contributed by atoms with Crippen molar-refractivity contribution in [3.63, 3.8) is 0 Å². The smallest absolute Gasteiger partial charge is 0.0514 e. The van der Waals surface area contributed by atoms with E-state index < -0.39 is 0 Å². The van der Waals surface area contributed by atoms with Crippen molar-refractivity contribution in [3.05, 3.63) is 30.1 Å². The highest BCUT2D eigenvalue weighted by atomic mass is 15.2. The van der Waals surface area contributed by atoms with Crippen LogP contribution in [0.4, 0.5) is 0 Å². The largest absolute Gasteiger partial charge is 0.326 e. The SMILES string of the molecule is CC(C)CCN(C1CC1)C(c1cccnc1)C(C)N. The van der Waals surface area contributed by atoms with Gasteiger partial charge in [-0.25, -0.2) is 0 Å². The summed E-state index contributed by atoms with van der Waals surface area (Å²) in [6.07, 6.45) is 7.68. The molecule has 1 aromatic rings. The zero-order chi connectivity index (χ0) is 13.8. The molecule has 106 valence electrons. The van der Waals surface area contributed by atoms with Crippen molar-refractivity contribution in [1.82, 2.24) is 9.88 Å². The molecule has 1 aromatic heterocycles. The van der Waals surface area contributed by atoms with Crippen LogP contribution in [0.2, 0.25) is 0 Å². The van der Waals surface area contributed by atoms with E-state index in [-0.39, 0.29) is 6.04 Å². The molecule has 0 radical (unpaired) electrons. The first-order valence-electron chi connectivity index (χ1n) is 7.51. The lowest BCUT2D eigenvalue weighted by Gasteiger charge is -2.35. The Bertz CT molecular complexity index is 371. The highest BCUT2D eigenvalue weighted by molar-refractivity contribution is 5.17. The summed E-state index contributed by atoms with van der Waals surface area (Å²) >= 11 is 0. The summed E-state index contributed by atoms with van der Waals surface area (Å²) in [6, 6.07) is 5.34. The lowest BCUT2D eigenvalue weighted by molar-refractivity contribution is 0.157. The number of aromatic nitrogens is 1. The Morgan fingerprint density at radius 1 is 1.37 bits per heavy atom. The molecule has 3 nitrogen and oxygen atoms in total. The number of hydrogen-bond donors (Lipinski definition) is 1. The molecular formula is C16H27N3. The van der Waals surface area contributed by atoms with Crippen molar-refractivity contribution >= 4 is 0 Å². The average molecular weight is 261 g/mol. The van der Waals surface area contributed by atoms with Crippen molar-refractivity contribution in [1.29, 1.82) is 0 Å². The molecule has 2 N–H and O–H groups in total. The van der Waals surface area contributed by atoms with Crippen molar-refractivity contribution in [2.45, 2.75) is 58.2 Å². The highest BCUT2D eigenvalue weighted by Crippen LogP contribution is 2.35. The van der Waals surface area contributed by atoms with E-state index in [1.54, 1.807) is 0 Å². The molecule has 0 aromatic carbocycles. The number of nitrogens with two attached hydrogens (primary N) is 1. The topological polar surface area (TPSA) is 42.2 Å². The summed E-state index contributed by atoms with van der Waals surface area (Å²) in [7, 11) is 0. The molecule has 2 rings (SSSR count). The predicted molar refractivity (Wildman–Crippen MR) is 79.8 cm³/mol. The van der Waals surface area contributed by atoms with Crippen molar-refractivity contribution in [2.24, 2.45) is 11.7 Å². The maximum Gasteiger partial charge on any atom is 0.0514 e. The normalized spacial score (nSPS) is 18.8. The van der Waals surface area contributed by atoms with Crippen LogP contribution in [0.5, 0.6) is 0 Å². The number of nitrogens with zero attached hydrogens (tertiary/aromatic N) is 2. The van der Waals surface area contributed by atoms with E-state index in [4.69, 9.17) is 5.73 Å². The second-order valence-corrected chi connectivity index (χ2v) is 6.24. The molecule has 0 spiro atoms. The molecule has 1 heterocycles. The Morgan fingerprint density at radius 3 is 2.58 bits per heavy atom. The van der Waals surface area contributed by atoms with E-state index >= 15 is 0 Å². The van der Waals surface area contributed by atoms with Gasteiger partial charge in [0.15, 0.2) is 0 Å². The van der Waals surface area contributed by atoms with Crippen molar-refractivity contribution < 1.29 is 0 Å². The number of rotatable bonds is 7. The summed E-state index contributed by atoms with van der Waals surface area (Å²) in [5.74, 6) is 0.740. The van der Waals surface area contributed by atoms with Gasteiger partial charge in [-0.2, -0.15) is 0 Å². The van der Waals surface area contributed by atoms with E-state index in [2.05, 4.69) is 36.7 Å². The molecule has 0 saturated heterocycles. The van der Waals surface area contributed by atoms with Crippen LogP contribution >= 0.6 is 0 Å². The van der Waals surface area contributed by atoms with Crippen LogP contribution < -0.4 is 5.73 Å². The zero-order valence-electron chi connectivity index (χ0n) is 12.4. The molecule has 2 atom stereocenters. The van der Waals surface area contributed by atoms with E-state index in [1.165, 1.54) is 24.8 Å². The van der Waals surface area contributed by atoms with Gasteiger partial charge in [0, 0.05) is 24.5 Å². The highest BCUT2D eigenvalue weighted by Gasteiger charge is 2.35. The minimum atomic E-state index is 0.136. The first-order chi connectivity index (χ1) is 9.09. The molecule has 0 bridgehead atoms. The van der Waals surface area contributed by atoms with Gasteiger partial charge in [-0.3, -0.25) is 9.88 Å². The van der Waals surface area contributed by atoms with Crippen molar-refractivity contribution in [3.8, 4) is 0 Å². The molecule has 1 saturated carbocycles. The summed E-state index contributed by atoms with van der Waals surface area (Å²) in [5.41, 5.74) is 7.53. The Morgan fingerprint density at radius 2 is 2.11 bits per heavy atom. The van der Waals surface area contributed by atoms with Crippen LogP contribution in [0, 0.1) is 5.92 Å². The summed E-state index contributed by atoms with van der Waals surface area (Å²) in [4.78, 5) is 6.88. The third-order valence-corrected chi connectivity index (χ3v) is 3.86. The van der Waals surface area contributed by atoms with Gasteiger partial charge >= 0.3 is 0 Å². The summed E-state index contributed by atoms with van der Waals surface area (Å²) in [6.45, 7) is 7.83. The van der Waals surface area contributed by atoms with Crippen LogP contribution in [0.3, 0.4) is 0 Å². The van der Waals surface area contributed by atoms with Gasteiger partial charge in [-0.15, -0.1) is 0 Å². The van der Waals surface area contributed by atoms with Crippen LogP contribution in [0.15, 0.2) is 24.5 Å². The Hall–Kier alpha value is -0.930. The average Bonchev–Trinajstić information content (AvgIpc) is 3.18. The van der Waals surface area contributed by atoms with Gasteiger partial charge in [0.1, 0.15) is 0 Å². The Labute approximate surface area is 117 Å². The summed E-state index contributed by atoms with van der Waals surface area (Å²) in [5, 5.41) is 0. The van der Waals surface area contributed by atoms with Gasteiger partial charge < -0.3 is 5.73 Å². The quantitative estimate of drug-likeness (QED) is 0.820. The zero-order valence-corrected chi connectivity index (χ0v) is 12.4. The molecule has 3 heteroatoms. The minimum Gasteiger partial charge on any atom is -0.326 e. The van der Waals surface area contributed by atoms with Gasteiger partial charge in [-0.1, -0.05) is 19.9 Å². The molecule has 1 aliphatic rings. The summed E-state index contributed by atoms with van der Waals surface area (Å²) < 4.78 is 0. The van der Waals surface area contributed by atoms with Crippen molar-refractivity contribution in [2.75, 3.05) is 6.54 Å². The fourth-order valence-electron chi connectivity index (χ4n) is 2.71. The third kappa shape index (κ3) is 4.02. The second-order valence-electron chi connectivity index (χ2n) is 6.24. The second kappa shape index (κ2) is 6.49. The standard InChI is InChI=1S/C16H27N3/c1-12(2)8-10-19(15-6-7-15)16(13(3)17)14-5-4-9-18-11-14/h4-5,9,11-13,15-16H,6-8,10,17H2,1-3H3. The van der Waals surface area contributed by atoms with Crippen LogP contribution in [-0.4, -0.2) is 28.5 Å². The monoisotopic (exact) mass is 261 g/mol. The Kier molecular flexibility index (Phi) is 4.94. The van der Waals surface area contributed by atoms with Gasteiger partial charge in [0.2, 0.25) is 0 Å². The maximum atomic E-state index is 6.27. The first-order valence-corrected chi connectivity index (χ1v) is 7.51. The molecule has 0 aliphatic heterocycles. The fourth-order valence-corrected chi connectivity index (χ4v) is 2.71. The predicted octanol–water partition coefficient (Wildman–Crippen LogP) is 2.98. The third-order valence-electron chi connectivity index (χ3n) is 3.86. The maximum absolute atomic E-state index is 6.27. The Balaban J connectivity index is 2.15. The fraction of sp³-hybridized carbons (Fsp3) is 0.688. The van der Waals surface area contributed by atoms with E-state index in [1.807, 2.05) is 18.5 Å².